The van der Waals surface area contributed by atoms with Crippen molar-refractivity contribution < 1.29 is 22.8 Å². The van der Waals surface area contributed by atoms with Crippen molar-refractivity contribution in [3.8, 4) is 0 Å². The highest BCUT2D eigenvalue weighted by molar-refractivity contribution is 7.91. The van der Waals surface area contributed by atoms with E-state index in [1.165, 1.54) is 4.90 Å². The first kappa shape index (κ1) is 20.5. The minimum absolute atomic E-state index is 0.0565. The third kappa shape index (κ3) is 5.89. The summed E-state index contributed by atoms with van der Waals surface area (Å²) in [5, 5.41) is 3.04. The van der Waals surface area contributed by atoms with Crippen LogP contribution in [-0.2, 0) is 19.4 Å². The highest BCUT2D eigenvalue weighted by atomic mass is 32.2. The fourth-order valence-corrected chi connectivity index (χ4v) is 4.59. The average molecular weight is 404 g/mol. The van der Waals surface area contributed by atoms with Gasteiger partial charge in [0.15, 0.2) is 9.84 Å². The zero-order chi connectivity index (χ0) is 19.8. The maximum atomic E-state index is 12.5. The Balaban J connectivity index is 1.62. The monoisotopic (exact) mass is 403 g/mol. The normalized spacial score (nSPS) is 16.4. The molecule has 2 N–H and O–H groups in total. The highest BCUT2D eigenvalue weighted by Gasteiger charge is 2.24. The molecule has 1 aliphatic rings. The molecule has 1 fully saturated rings. The Labute approximate surface area is 166 Å². The zero-order valence-electron chi connectivity index (χ0n) is 15.8. The lowest BCUT2D eigenvalue weighted by Crippen LogP contribution is -3.14. The predicted molar refractivity (Wildman–Crippen MR) is 107 cm³/mol. The second-order valence-electron chi connectivity index (χ2n) is 6.98. The SMILES string of the molecule is O=C(CCS(=O)(=O)c1ccccc1)N[C@@H](C[NH+]1CCOCC1)c1ccccc1. The van der Waals surface area contributed by atoms with Crippen molar-refractivity contribution in [2.45, 2.75) is 17.4 Å². The van der Waals surface area contributed by atoms with Gasteiger partial charge in [0.2, 0.25) is 5.91 Å². The number of carbonyl (C=O) groups excluding carboxylic acids is 1. The van der Waals surface area contributed by atoms with Gasteiger partial charge < -0.3 is 15.0 Å². The maximum Gasteiger partial charge on any atom is 0.221 e. The number of ether oxygens (including phenoxy) is 1. The topological polar surface area (TPSA) is 76.9 Å². The largest absolute Gasteiger partial charge is 0.370 e. The fraction of sp³-hybridized carbons (Fsp3) is 0.381. The van der Waals surface area contributed by atoms with E-state index in [2.05, 4.69) is 5.32 Å². The Morgan fingerprint density at radius 1 is 1.00 bits per heavy atom. The first-order valence-electron chi connectivity index (χ1n) is 9.58. The average Bonchev–Trinajstić information content (AvgIpc) is 2.74. The van der Waals surface area contributed by atoms with Crippen LogP contribution in [0, 0.1) is 0 Å². The second-order valence-corrected chi connectivity index (χ2v) is 9.09. The number of rotatable bonds is 8. The molecule has 0 radical (unpaired) electrons. The summed E-state index contributed by atoms with van der Waals surface area (Å²) in [6.07, 6.45) is -0.0565. The first-order chi connectivity index (χ1) is 13.5. The Kier molecular flexibility index (Phi) is 7.19. The van der Waals surface area contributed by atoms with E-state index in [1.807, 2.05) is 30.3 Å². The third-order valence-electron chi connectivity index (χ3n) is 4.93. The van der Waals surface area contributed by atoms with Gasteiger partial charge in [0.1, 0.15) is 25.7 Å². The third-order valence-corrected chi connectivity index (χ3v) is 6.66. The van der Waals surface area contributed by atoms with Gasteiger partial charge in [-0.05, 0) is 17.7 Å². The Morgan fingerprint density at radius 3 is 2.25 bits per heavy atom. The molecule has 28 heavy (non-hydrogen) atoms. The van der Waals surface area contributed by atoms with E-state index in [4.69, 9.17) is 4.74 Å². The van der Waals surface area contributed by atoms with Gasteiger partial charge >= 0.3 is 0 Å². The summed E-state index contributed by atoms with van der Waals surface area (Å²) in [4.78, 5) is 14.2. The number of nitrogens with one attached hydrogen (secondary N) is 2. The molecular formula is C21H27N2O4S+. The summed E-state index contributed by atoms with van der Waals surface area (Å²) in [5.74, 6) is -0.449. The van der Waals surface area contributed by atoms with Crippen LogP contribution in [0.4, 0.5) is 0 Å². The number of quaternary nitrogens is 1. The van der Waals surface area contributed by atoms with Crippen LogP contribution in [0.15, 0.2) is 65.6 Å². The van der Waals surface area contributed by atoms with E-state index < -0.39 is 9.84 Å². The molecule has 0 spiro atoms. The molecule has 1 heterocycles. The van der Waals surface area contributed by atoms with Crippen LogP contribution in [0.2, 0.25) is 0 Å². The van der Waals surface area contributed by atoms with Crippen molar-refractivity contribution >= 4 is 15.7 Å². The molecule has 1 saturated heterocycles. The Bertz CT molecular complexity index is 850. The van der Waals surface area contributed by atoms with E-state index in [0.717, 1.165) is 38.4 Å². The Hall–Kier alpha value is -2.22. The van der Waals surface area contributed by atoms with Gasteiger partial charge in [0.05, 0.1) is 23.9 Å². The summed E-state index contributed by atoms with van der Waals surface area (Å²) in [6.45, 7) is 4.01. The van der Waals surface area contributed by atoms with Crippen LogP contribution in [-0.4, -0.2) is 52.9 Å². The molecule has 3 rings (SSSR count). The molecule has 1 atom stereocenters. The van der Waals surface area contributed by atoms with E-state index >= 15 is 0 Å². The van der Waals surface area contributed by atoms with Crippen LogP contribution in [0.25, 0.3) is 0 Å². The van der Waals surface area contributed by atoms with Crippen molar-refractivity contribution in [1.29, 1.82) is 0 Å². The van der Waals surface area contributed by atoms with Gasteiger partial charge in [-0.1, -0.05) is 48.5 Å². The number of carbonyl (C=O) groups is 1. The number of benzene rings is 2. The van der Waals surface area contributed by atoms with Crippen molar-refractivity contribution in [3.05, 3.63) is 66.2 Å². The summed E-state index contributed by atoms with van der Waals surface area (Å²) >= 11 is 0. The molecule has 0 saturated carbocycles. The van der Waals surface area contributed by atoms with Crippen LogP contribution in [0.1, 0.15) is 18.0 Å². The summed E-state index contributed by atoms with van der Waals surface area (Å²) < 4.78 is 30.2. The lowest BCUT2D eigenvalue weighted by molar-refractivity contribution is -0.909. The molecule has 150 valence electrons. The number of morpholine rings is 1. The first-order valence-corrected chi connectivity index (χ1v) is 11.2. The number of hydrogen-bond acceptors (Lipinski definition) is 4. The minimum Gasteiger partial charge on any atom is -0.370 e. The second kappa shape index (κ2) is 9.82. The zero-order valence-corrected chi connectivity index (χ0v) is 16.7. The van der Waals surface area contributed by atoms with Crippen molar-refractivity contribution in [2.75, 3.05) is 38.6 Å². The van der Waals surface area contributed by atoms with Gasteiger partial charge in [0.25, 0.3) is 0 Å². The van der Waals surface area contributed by atoms with Crippen molar-refractivity contribution in [1.82, 2.24) is 5.32 Å². The van der Waals surface area contributed by atoms with Crippen molar-refractivity contribution in [2.24, 2.45) is 0 Å². The highest BCUT2D eigenvalue weighted by Crippen LogP contribution is 2.13. The van der Waals surface area contributed by atoms with Crippen LogP contribution in [0.3, 0.4) is 0 Å². The Morgan fingerprint density at radius 2 is 1.61 bits per heavy atom. The van der Waals surface area contributed by atoms with Gasteiger partial charge in [-0.15, -0.1) is 0 Å². The van der Waals surface area contributed by atoms with Crippen LogP contribution < -0.4 is 10.2 Å². The quantitative estimate of drug-likeness (QED) is 0.678. The minimum atomic E-state index is -3.47. The molecule has 0 aliphatic carbocycles. The van der Waals surface area contributed by atoms with Gasteiger partial charge in [-0.3, -0.25) is 4.79 Å². The lowest BCUT2D eigenvalue weighted by atomic mass is 10.1. The fourth-order valence-electron chi connectivity index (χ4n) is 3.33. The smallest absolute Gasteiger partial charge is 0.221 e. The van der Waals surface area contributed by atoms with Crippen LogP contribution >= 0.6 is 0 Å². The summed E-state index contributed by atoms with van der Waals surface area (Å²) in [7, 11) is -3.47. The number of hydrogen-bond donors (Lipinski definition) is 2. The van der Waals surface area contributed by atoms with Gasteiger partial charge in [0, 0.05) is 6.42 Å². The molecule has 2 aromatic rings. The standard InChI is InChI=1S/C21H26N2O4S/c24-21(11-16-28(25,26)19-9-5-2-6-10-19)22-20(18-7-3-1-4-8-18)17-23-12-14-27-15-13-23/h1-10,20H,11-17H2,(H,22,24)/p+1/t20-/m0/s1. The van der Waals surface area contributed by atoms with Gasteiger partial charge in [-0.2, -0.15) is 0 Å². The van der Waals surface area contributed by atoms with Gasteiger partial charge in [-0.25, -0.2) is 8.42 Å². The summed E-state index contributed by atoms with van der Waals surface area (Å²) in [6, 6.07) is 17.9. The number of sulfone groups is 1. The van der Waals surface area contributed by atoms with E-state index in [1.54, 1.807) is 30.3 Å². The van der Waals surface area contributed by atoms with E-state index in [-0.39, 0.29) is 29.0 Å². The molecule has 0 bridgehead atoms. The molecule has 7 heteroatoms. The predicted octanol–water partition coefficient (Wildman–Crippen LogP) is 0.623. The van der Waals surface area contributed by atoms with Crippen molar-refractivity contribution in [3.63, 3.8) is 0 Å². The molecular weight excluding hydrogens is 376 g/mol. The molecule has 6 nitrogen and oxygen atoms in total. The lowest BCUT2D eigenvalue weighted by Gasteiger charge is -2.28. The van der Waals surface area contributed by atoms with E-state index in [9.17, 15) is 13.2 Å². The molecule has 2 aromatic carbocycles. The molecule has 0 aromatic heterocycles. The summed E-state index contributed by atoms with van der Waals surface area (Å²) in [5.41, 5.74) is 1.03. The molecule has 1 amide bonds. The number of amides is 1. The molecule has 0 unspecified atom stereocenters. The molecule has 1 aliphatic heterocycles. The van der Waals surface area contributed by atoms with Crippen LogP contribution in [0.5, 0.6) is 0 Å². The maximum absolute atomic E-state index is 12.5. The van der Waals surface area contributed by atoms with E-state index in [0.29, 0.717) is 0 Å².